The normalized spacial score (nSPS) is 12.2. The fourth-order valence-electron chi connectivity index (χ4n) is 4.05. The second kappa shape index (κ2) is 9.59. The van der Waals surface area contributed by atoms with Gasteiger partial charge in [0.15, 0.2) is 5.82 Å². The van der Waals surface area contributed by atoms with E-state index < -0.39 is 0 Å². The summed E-state index contributed by atoms with van der Waals surface area (Å²) in [5.41, 5.74) is 6.57. The number of carbonyl (C=O) groups is 1. The van der Waals surface area contributed by atoms with Crippen LogP contribution in [0.25, 0.3) is 16.8 Å². The minimum Gasteiger partial charge on any atom is -0.349 e. The molecule has 0 fully saturated rings. The van der Waals surface area contributed by atoms with Crippen molar-refractivity contribution in [3.8, 4) is 16.8 Å². The van der Waals surface area contributed by atoms with E-state index in [1.54, 1.807) is 9.36 Å². The second-order valence-electron chi connectivity index (χ2n) is 9.23. The molecule has 8 nitrogen and oxygen atoms in total. The van der Waals surface area contributed by atoms with Crippen LogP contribution in [0.1, 0.15) is 59.7 Å². The summed E-state index contributed by atoms with van der Waals surface area (Å²) in [5.74, 6) is 0.745. The number of tetrazole rings is 1. The molecule has 0 radical (unpaired) electrons. The molecule has 8 heteroatoms. The molecule has 2 aromatic heterocycles. The molecule has 0 aliphatic rings. The number of benzene rings is 2. The Balaban J connectivity index is 1.68. The molecule has 0 saturated carbocycles. The van der Waals surface area contributed by atoms with Crippen molar-refractivity contribution in [1.82, 2.24) is 35.3 Å². The maximum Gasteiger partial charge on any atom is 0.251 e. The fraction of sp³-hybridized carbons (Fsp3) is 0.346. The van der Waals surface area contributed by atoms with Gasteiger partial charge in [0.1, 0.15) is 0 Å². The zero-order chi connectivity index (χ0) is 24.4. The number of hydrogen-bond donors (Lipinski definition) is 1. The Morgan fingerprint density at radius 1 is 1.03 bits per heavy atom. The molecule has 1 unspecified atom stereocenters. The van der Waals surface area contributed by atoms with Gasteiger partial charge in [-0.1, -0.05) is 43.7 Å². The first-order chi connectivity index (χ1) is 16.2. The van der Waals surface area contributed by atoms with E-state index in [1.165, 1.54) is 5.56 Å². The molecule has 4 rings (SSSR count). The number of nitrogens with one attached hydrogen (secondary N) is 1. The van der Waals surface area contributed by atoms with Gasteiger partial charge in [0, 0.05) is 30.8 Å². The molecule has 1 amide bonds. The fourth-order valence-corrected chi connectivity index (χ4v) is 4.05. The third kappa shape index (κ3) is 5.06. The van der Waals surface area contributed by atoms with Crippen molar-refractivity contribution in [2.45, 2.75) is 53.0 Å². The Hall–Kier alpha value is -3.81. The van der Waals surface area contributed by atoms with E-state index >= 15 is 0 Å². The summed E-state index contributed by atoms with van der Waals surface area (Å²) in [6, 6.07) is 14.0. The van der Waals surface area contributed by atoms with Crippen LogP contribution in [0, 0.1) is 13.8 Å². The van der Waals surface area contributed by atoms with Crippen molar-refractivity contribution in [3.05, 3.63) is 76.9 Å². The van der Waals surface area contributed by atoms with Gasteiger partial charge in [0.2, 0.25) is 0 Å². The molecule has 2 heterocycles. The summed E-state index contributed by atoms with van der Waals surface area (Å²) in [5, 5.41) is 19.8. The van der Waals surface area contributed by atoms with Gasteiger partial charge >= 0.3 is 0 Å². The lowest BCUT2D eigenvalue weighted by molar-refractivity contribution is 0.0940. The van der Waals surface area contributed by atoms with Crippen LogP contribution in [-0.4, -0.2) is 41.9 Å². The average Bonchev–Trinajstić information content (AvgIpc) is 3.40. The molecule has 176 valence electrons. The van der Waals surface area contributed by atoms with Crippen molar-refractivity contribution in [1.29, 1.82) is 0 Å². The lowest BCUT2D eigenvalue weighted by Crippen LogP contribution is -2.34. The first kappa shape index (κ1) is 23.4. The predicted molar refractivity (Wildman–Crippen MR) is 132 cm³/mol. The Kier molecular flexibility index (Phi) is 6.58. The Morgan fingerprint density at radius 2 is 1.76 bits per heavy atom. The van der Waals surface area contributed by atoms with Crippen LogP contribution >= 0.6 is 0 Å². The molecule has 0 saturated heterocycles. The van der Waals surface area contributed by atoms with Crippen molar-refractivity contribution < 1.29 is 4.79 Å². The molecule has 34 heavy (non-hydrogen) atoms. The third-order valence-electron chi connectivity index (χ3n) is 5.84. The number of aromatic nitrogens is 6. The lowest BCUT2D eigenvalue weighted by Gasteiger charge is -2.16. The highest BCUT2D eigenvalue weighted by atomic mass is 16.1. The van der Waals surface area contributed by atoms with E-state index in [4.69, 9.17) is 0 Å². The van der Waals surface area contributed by atoms with Gasteiger partial charge in [-0.25, -0.2) is 0 Å². The second-order valence-corrected chi connectivity index (χ2v) is 9.23. The van der Waals surface area contributed by atoms with Crippen LogP contribution in [0.4, 0.5) is 0 Å². The molecule has 0 aliphatic carbocycles. The summed E-state index contributed by atoms with van der Waals surface area (Å²) < 4.78 is 3.51. The van der Waals surface area contributed by atoms with Gasteiger partial charge in [0.25, 0.3) is 5.91 Å². The van der Waals surface area contributed by atoms with Crippen molar-refractivity contribution >= 4 is 5.91 Å². The van der Waals surface area contributed by atoms with Gasteiger partial charge in [-0.3, -0.25) is 9.48 Å². The number of rotatable bonds is 7. The number of nitrogens with zero attached hydrogens (tertiary/aromatic N) is 6. The standard InChI is InChI=1S/C26H31N7O/c1-16(2)25-28-30-31-33(25)24-13-21(20-9-7-17(3)8-10-20)12-22(14-24)26(34)27-18(4)11-23-15-32(6)29-19(23)5/h7-10,12-16,18H,11H2,1-6H3,(H,27,34). The zero-order valence-corrected chi connectivity index (χ0v) is 20.6. The van der Waals surface area contributed by atoms with E-state index in [0.29, 0.717) is 12.0 Å². The Bertz CT molecular complexity index is 1300. The largest absolute Gasteiger partial charge is 0.349 e. The molecule has 1 atom stereocenters. The molecular formula is C26H31N7O. The van der Waals surface area contributed by atoms with Gasteiger partial charge in [-0.05, 0) is 72.5 Å². The van der Waals surface area contributed by atoms with E-state index in [9.17, 15) is 4.79 Å². The van der Waals surface area contributed by atoms with E-state index in [1.807, 2.05) is 59.1 Å². The number of amides is 1. The van der Waals surface area contributed by atoms with Gasteiger partial charge in [-0.2, -0.15) is 9.78 Å². The van der Waals surface area contributed by atoms with Crippen LogP contribution in [0.2, 0.25) is 0 Å². The van der Waals surface area contributed by atoms with Gasteiger partial charge in [-0.15, -0.1) is 5.10 Å². The summed E-state index contributed by atoms with van der Waals surface area (Å²) in [4.78, 5) is 13.3. The van der Waals surface area contributed by atoms with Crippen molar-refractivity contribution in [2.75, 3.05) is 0 Å². The summed E-state index contributed by atoms with van der Waals surface area (Å²) >= 11 is 0. The van der Waals surface area contributed by atoms with E-state index in [2.05, 4.69) is 57.1 Å². The van der Waals surface area contributed by atoms with Crippen LogP contribution in [0.15, 0.2) is 48.7 Å². The average molecular weight is 458 g/mol. The molecule has 4 aromatic rings. The number of carbonyl (C=O) groups excluding carboxylic acids is 1. The quantitative estimate of drug-likeness (QED) is 0.450. The van der Waals surface area contributed by atoms with E-state index in [0.717, 1.165) is 33.9 Å². The van der Waals surface area contributed by atoms with Crippen LogP contribution < -0.4 is 5.32 Å². The van der Waals surface area contributed by atoms with Gasteiger partial charge < -0.3 is 5.32 Å². The molecule has 2 aromatic carbocycles. The van der Waals surface area contributed by atoms with Crippen LogP contribution in [0.5, 0.6) is 0 Å². The summed E-state index contributed by atoms with van der Waals surface area (Å²) in [7, 11) is 1.91. The molecular weight excluding hydrogens is 426 g/mol. The maximum atomic E-state index is 13.3. The smallest absolute Gasteiger partial charge is 0.251 e. The van der Waals surface area contributed by atoms with Crippen molar-refractivity contribution in [2.24, 2.45) is 7.05 Å². The first-order valence-corrected chi connectivity index (χ1v) is 11.5. The number of aryl methyl sites for hydroxylation is 3. The lowest BCUT2D eigenvalue weighted by atomic mass is 10.00. The van der Waals surface area contributed by atoms with Crippen molar-refractivity contribution in [3.63, 3.8) is 0 Å². The molecule has 0 bridgehead atoms. The molecule has 1 N–H and O–H groups in total. The summed E-state index contributed by atoms with van der Waals surface area (Å²) in [6.07, 6.45) is 2.71. The highest BCUT2D eigenvalue weighted by Crippen LogP contribution is 2.26. The van der Waals surface area contributed by atoms with Gasteiger partial charge in [0.05, 0.1) is 11.4 Å². The van der Waals surface area contributed by atoms with E-state index in [-0.39, 0.29) is 17.9 Å². The SMILES string of the molecule is Cc1ccc(-c2cc(C(=O)NC(C)Cc3cn(C)nc3C)cc(-n3nnnc3C(C)C)c2)cc1. The summed E-state index contributed by atoms with van der Waals surface area (Å²) in [6.45, 7) is 10.1. The first-order valence-electron chi connectivity index (χ1n) is 11.5. The Morgan fingerprint density at radius 3 is 2.41 bits per heavy atom. The highest BCUT2D eigenvalue weighted by molar-refractivity contribution is 5.96. The predicted octanol–water partition coefficient (Wildman–Crippen LogP) is 4.16. The molecule has 0 spiro atoms. The minimum atomic E-state index is -0.136. The van der Waals surface area contributed by atoms with Crippen LogP contribution in [0.3, 0.4) is 0 Å². The number of hydrogen-bond acceptors (Lipinski definition) is 5. The minimum absolute atomic E-state index is 0.0545. The van der Waals surface area contributed by atoms with Crippen LogP contribution in [-0.2, 0) is 13.5 Å². The third-order valence-corrected chi connectivity index (χ3v) is 5.84. The highest BCUT2D eigenvalue weighted by Gasteiger charge is 2.18. The topological polar surface area (TPSA) is 90.5 Å². The monoisotopic (exact) mass is 457 g/mol. The maximum absolute atomic E-state index is 13.3. The molecule has 0 aliphatic heterocycles. The Labute approximate surface area is 200 Å². The zero-order valence-electron chi connectivity index (χ0n) is 20.6.